The van der Waals surface area contributed by atoms with Crippen LogP contribution in [0.2, 0.25) is 0 Å². The van der Waals surface area contributed by atoms with Crippen LogP contribution in [-0.2, 0) is 0 Å². The molecule has 0 aromatic carbocycles. The van der Waals surface area contributed by atoms with Crippen LogP contribution in [0.25, 0.3) is 0 Å². The zero-order chi connectivity index (χ0) is 11.6. The summed E-state index contributed by atoms with van der Waals surface area (Å²) in [5, 5.41) is -0.554. The van der Waals surface area contributed by atoms with Gasteiger partial charge in [-0.3, -0.25) is 0 Å². The molecule has 0 saturated carbocycles. The summed E-state index contributed by atoms with van der Waals surface area (Å²) < 4.78 is 36.8. The van der Waals surface area contributed by atoms with Gasteiger partial charge in [0.2, 0.25) is 0 Å². The summed E-state index contributed by atoms with van der Waals surface area (Å²) in [6, 6.07) is 1.82. The highest BCUT2D eigenvalue weighted by Gasteiger charge is 2.28. The minimum Gasteiger partial charge on any atom is -0.171 e. The maximum absolute atomic E-state index is 12.0. The van der Waals surface area contributed by atoms with Crippen LogP contribution in [0, 0.1) is 6.92 Å². The van der Waals surface area contributed by atoms with Crippen molar-refractivity contribution >= 4 is 38.9 Å². The summed E-state index contributed by atoms with van der Waals surface area (Å²) in [6.45, 7) is 1.89. The van der Waals surface area contributed by atoms with Crippen molar-refractivity contribution in [1.82, 2.24) is 0 Å². The van der Waals surface area contributed by atoms with Crippen molar-refractivity contribution in [2.24, 2.45) is 0 Å². The molecule has 0 spiro atoms. The third-order valence-corrected chi connectivity index (χ3v) is 4.70. The van der Waals surface area contributed by atoms with Crippen LogP contribution in [0.4, 0.5) is 13.2 Å². The Labute approximate surface area is 104 Å². The Bertz CT molecular complexity index is 315. The van der Waals surface area contributed by atoms with Crippen molar-refractivity contribution in [1.29, 1.82) is 0 Å². The molecule has 0 saturated heterocycles. The van der Waals surface area contributed by atoms with Crippen LogP contribution in [0.15, 0.2) is 9.85 Å². The maximum atomic E-state index is 12.0. The van der Waals surface area contributed by atoms with Gasteiger partial charge >= 0.3 is 6.18 Å². The molecule has 0 fully saturated rings. The molecule has 0 aliphatic heterocycles. The number of hydrogen-bond acceptors (Lipinski definition) is 1. The number of hydrogen-bond donors (Lipinski definition) is 0. The van der Waals surface area contributed by atoms with E-state index in [1.165, 1.54) is 11.3 Å². The topological polar surface area (TPSA) is 0 Å². The highest BCUT2D eigenvalue weighted by molar-refractivity contribution is 9.11. The molecule has 0 aliphatic rings. The Balaban J connectivity index is 2.58. The lowest BCUT2D eigenvalue weighted by molar-refractivity contribution is -0.135. The van der Waals surface area contributed by atoms with Gasteiger partial charge in [-0.2, -0.15) is 13.2 Å². The van der Waals surface area contributed by atoms with Gasteiger partial charge in [0.05, 0.1) is 9.16 Å². The van der Waals surface area contributed by atoms with Gasteiger partial charge in [-0.15, -0.1) is 22.9 Å². The molecule has 0 aliphatic carbocycles. The summed E-state index contributed by atoms with van der Waals surface area (Å²) in [5.74, 6) is 0. The van der Waals surface area contributed by atoms with Gasteiger partial charge in [0.15, 0.2) is 0 Å². The second-order valence-electron chi connectivity index (χ2n) is 3.23. The number of alkyl halides is 4. The molecular weight excluding hydrogens is 313 g/mol. The number of aryl methyl sites for hydroxylation is 1. The second kappa shape index (κ2) is 5.06. The van der Waals surface area contributed by atoms with Crippen LogP contribution in [0.5, 0.6) is 0 Å². The van der Waals surface area contributed by atoms with E-state index in [9.17, 15) is 13.2 Å². The first-order chi connectivity index (χ1) is 6.79. The second-order valence-corrected chi connectivity index (χ2v) is 6.16. The zero-order valence-electron chi connectivity index (χ0n) is 7.87. The molecule has 0 bridgehead atoms. The van der Waals surface area contributed by atoms with Crippen LogP contribution >= 0.6 is 38.9 Å². The molecule has 6 heteroatoms. The summed E-state index contributed by atoms with van der Waals surface area (Å²) >= 11 is 10.6. The summed E-state index contributed by atoms with van der Waals surface area (Å²) in [7, 11) is 0. The third kappa shape index (κ3) is 4.33. The average Bonchev–Trinajstić information content (AvgIpc) is 2.42. The Hall–Kier alpha value is 0.260. The zero-order valence-corrected chi connectivity index (χ0v) is 11.0. The van der Waals surface area contributed by atoms with Gasteiger partial charge in [-0.25, -0.2) is 0 Å². The molecular formula is C9H9BrClF3S. The van der Waals surface area contributed by atoms with E-state index in [1.54, 1.807) is 0 Å². The summed E-state index contributed by atoms with van der Waals surface area (Å²) in [6.07, 6.45) is -5.04. The lowest BCUT2D eigenvalue weighted by Crippen LogP contribution is -2.07. The molecule has 0 nitrogen and oxygen atoms in total. The Morgan fingerprint density at radius 3 is 2.53 bits per heavy atom. The number of thiophene rings is 1. The predicted octanol–water partition coefficient (Wildman–Crippen LogP) is 5.44. The van der Waals surface area contributed by atoms with E-state index in [4.69, 9.17) is 11.6 Å². The molecule has 0 amide bonds. The van der Waals surface area contributed by atoms with Gasteiger partial charge in [0.1, 0.15) is 0 Å². The molecule has 1 unspecified atom stereocenters. The largest absolute Gasteiger partial charge is 0.389 e. The molecule has 15 heavy (non-hydrogen) atoms. The van der Waals surface area contributed by atoms with Crippen molar-refractivity contribution in [3.8, 4) is 0 Å². The van der Waals surface area contributed by atoms with Gasteiger partial charge in [-0.1, -0.05) is 0 Å². The Morgan fingerprint density at radius 2 is 2.13 bits per heavy atom. The van der Waals surface area contributed by atoms with Crippen LogP contribution in [-0.4, -0.2) is 6.18 Å². The van der Waals surface area contributed by atoms with E-state index in [2.05, 4.69) is 15.9 Å². The Morgan fingerprint density at radius 1 is 1.53 bits per heavy atom. The lowest BCUT2D eigenvalue weighted by Gasteiger charge is -2.09. The van der Waals surface area contributed by atoms with Gasteiger partial charge < -0.3 is 0 Å². The van der Waals surface area contributed by atoms with E-state index in [1.807, 2.05) is 13.0 Å². The monoisotopic (exact) mass is 320 g/mol. The van der Waals surface area contributed by atoms with Crippen molar-refractivity contribution in [2.75, 3.05) is 0 Å². The highest BCUT2D eigenvalue weighted by Crippen LogP contribution is 2.38. The quantitative estimate of drug-likeness (QED) is 0.650. The average molecular weight is 322 g/mol. The fourth-order valence-corrected chi connectivity index (χ4v) is 2.96. The molecule has 1 aromatic heterocycles. The van der Waals surface area contributed by atoms with Gasteiger partial charge in [-0.05, 0) is 40.9 Å². The van der Waals surface area contributed by atoms with Crippen LogP contribution in [0.1, 0.15) is 28.7 Å². The number of rotatable bonds is 3. The van der Waals surface area contributed by atoms with E-state index >= 15 is 0 Å². The third-order valence-electron chi connectivity index (χ3n) is 1.87. The molecule has 1 aromatic rings. The standard InChI is InChI=1S/C9H9BrClF3S/c1-5-4-7(15-8(5)10)6(11)2-3-9(12,13)14/h4,6H,2-3H2,1H3. The normalized spacial score (nSPS) is 14.3. The van der Waals surface area contributed by atoms with Crippen LogP contribution < -0.4 is 0 Å². The van der Waals surface area contributed by atoms with E-state index < -0.39 is 18.0 Å². The van der Waals surface area contributed by atoms with Crippen molar-refractivity contribution < 1.29 is 13.2 Å². The molecule has 1 atom stereocenters. The van der Waals surface area contributed by atoms with E-state index in [-0.39, 0.29) is 6.42 Å². The molecule has 0 radical (unpaired) electrons. The minimum absolute atomic E-state index is 0.0720. The predicted molar refractivity (Wildman–Crippen MR) is 60.6 cm³/mol. The molecule has 86 valence electrons. The number of halogens is 5. The molecule has 1 heterocycles. The first-order valence-electron chi connectivity index (χ1n) is 4.26. The first-order valence-corrected chi connectivity index (χ1v) is 6.31. The lowest BCUT2D eigenvalue weighted by atomic mass is 10.2. The van der Waals surface area contributed by atoms with E-state index in [0.29, 0.717) is 0 Å². The van der Waals surface area contributed by atoms with Crippen molar-refractivity contribution in [3.63, 3.8) is 0 Å². The van der Waals surface area contributed by atoms with Crippen molar-refractivity contribution in [3.05, 3.63) is 20.3 Å². The fraction of sp³-hybridized carbons (Fsp3) is 0.556. The van der Waals surface area contributed by atoms with E-state index in [0.717, 1.165) is 14.2 Å². The Kier molecular flexibility index (Phi) is 4.50. The maximum Gasteiger partial charge on any atom is 0.389 e. The van der Waals surface area contributed by atoms with Gasteiger partial charge in [0, 0.05) is 11.3 Å². The SMILES string of the molecule is Cc1cc(C(Cl)CCC(F)(F)F)sc1Br. The molecule has 1 rings (SSSR count). The first kappa shape index (κ1) is 13.3. The minimum atomic E-state index is -4.13. The highest BCUT2D eigenvalue weighted by atomic mass is 79.9. The fourth-order valence-electron chi connectivity index (χ4n) is 1.07. The summed E-state index contributed by atoms with van der Waals surface area (Å²) in [5.41, 5.74) is 1.01. The van der Waals surface area contributed by atoms with Gasteiger partial charge in [0.25, 0.3) is 0 Å². The van der Waals surface area contributed by atoms with Crippen LogP contribution in [0.3, 0.4) is 0 Å². The summed E-state index contributed by atoms with van der Waals surface area (Å²) in [4.78, 5) is 0.783. The van der Waals surface area contributed by atoms with Crippen molar-refractivity contribution in [2.45, 2.75) is 31.3 Å². The smallest absolute Gasteiger partial charge is 0.171 e. The molecule has 0 N–H and O–H groups in total.